The zero-order valence-electron chi connectivity index (χ0n) is 13.7. The largest absolute Gasteiger partial charge is 0.341 e. The minimum atomic E-state index is -0.0199. The van der Waals surface area contributed by atoms with Crippen molar-refractivity contribution in [2.45, 2.75) is 25.4 Å². The van der Waals surface area contributed by atoms with Crippen molar-refractivity contribution in [3.8, 4) is 6.07 Å². The van der Waals surface area contributed by atoms with Crippen molar-refractivity contribution < 1.29 is 4.79 Å². The van der Waals surface area contributed by atoms with Crippen LogP contribution in [0.2, 0.25) is 0 Å². The van der Waals surface area contributed by atoms with Gasteiger partial charge in [-0.05, 0) is 25.5 Å². The van der Waals surface area contributed by atoms with Crippen molar-refractivity contribution in [3.63, 3.8) is 0 Å². The number of carbonyl (C=O) groups excluding carboxylic acids is 1. The summed E-state index contributed by atoms with van der Waals surface area (Å²) in [5, 5.41) is 9.81. The van der Waals surface area contributed by atoms with E-state index < -0.39 is 0 Å². The Kier molecular flexibility index (Phi) is 6.35. The summed E-state index contributed by atoms with van der Waals surface area (Å²) in [4.78, 5) is 22.5. The van der Waals surface area contributed by atoms with Crippen LogP contribution in [0, 0.1) is 25.2 Å². The average molecular weight is 405 g/mol. The number of nitriles is 1. The first-order chi connectivity index (χ1) is 11.4. The Morgan fingerprint density at radius 2 is 2.04 bits per heavy atom. The van der Waals surface area contributed by atoms with Crippen LogP contribution in [-0.4, -0.2) is 33.6 Å². The molecule has 0 N–H and O–H groups in total. The average Bonchev–Trinajstić information content (AvgIpc) is 2.54. The maximum Gasteiger partial charge on any atom is 0.233 e. The second-order valence-electron chi connectivity index (χ2n) is 5.28. The molecule has 2 aromatic rings. The van der Waals surface area contributed by atoms with Crippen molar-refractivity contribution in [3.05, 3.63) is 51.4 Å². The Bertz CT molecular complexity index is 804. The summed E-state index contributed by atoms with van der Waals surface area (Å²) in [6, 6.07) is 9.93. The summed E-state index contributed by atoms with van der Waals surface area (Å²) in [5.41, 5.74) is 2.12. The fraction of sp³-hybridized carbons (Fsp3) is 0.294. The molecule has 124 valence electrons. The standard InChI is InChI=1S/C17H17BrN4OS/c1-11-14(8-19)17(21-12(2)20-11)24-10-16(23)22(3)9-13-6-4-5-7-15(13)18/h4-7H,9-10H2,1-3H3. The lowest BCUT2D eigenvalue weighted by molar-refractivity contribution is -0.127. The van der Waals surface area contributed by atoms with Gasteiger partial charge >= 0.3 is 0 Å². The van der Waals surface area contributed by atoms with Crippen LogP contribution in [0.4, 0.5) is 0 Å². The van der Waals surface area contributed by atoms with Gasteiger partial charge in [0.25, 0.3) is 0 Å². The summed E-state index contributed by atoms with van der Waals surface area (Å²) in [6.07, 6.45) is 0. The van der Waals surface area contributed by atoms with E-state index in [1.807, 2.05) is 24.3 Å². The van der Waals surface area contributed by atoms with Gasteiger partial charge in [-0.1, -0.05) is 45.9 Å². The number of halogens is 1. The predicted molar refractivity (Wildman–Crippen MR) is 97.6 cm³/mol. The van der Waals surface area contributed by atoms with Crippen LogP contribution in [0.25, 0.3) is 0 Å². The summed E-state index contributed by atoms with van der Waals surface area (Å²) in [6.45, 7) is 4.07. The smallest absolute Gasteiger partial charge is 0.233 e. The highest BCUT2D eigenvalue weighted by atomic mass is 79.9. The molecule has 7 heteroatoms. The van der Waals surface area contributed by atoms with Crippen molar-refractivity contribution in [2.75, 3.05) is 12.8 Å². The van der Waals surface area contributed by atoms with Gasteiger partial charge in [0.05, 0.1) is 11.4 Å². The SMILES string of the molecule is Cc1nc(C)c(C#N)c(SCC(=O)N(C)Cc2ccccc2Br)n1. The zero-order chi connectivity index (χ0) is 17.7. The third kappa shape index (κ3) is 4.56. The Hall–Kier alpha value is -1.91. The van der Waals surface area contributed by atoms with Gasteiger partial charge in [0.15, 0.2) is 0 Å². The Morgan fingerprint density at radius 3 is 2.71 bits per heavy atom. The van der Waals surface area contributed by atoms with E-state index in [0.717, 1.165) is 10.0 Å². The number of carbonyl (C=O) groups is 1. The van der Waals surface area contributed by atoms with E-state index in [9.17, 15) is 10.1 Å². The van der Waals surface area contributed by atoms with Crippen molar-refractivity contribution in [2.24, 2.45) is 0 Å². The first-order valence-corrected chi connectivity index (χ1v) is 9.05. The van der Waals surface area contributed by atoms with E-state index in [4.69, 9.17) is 0 Å². The summed E-state index contributed by atoms with van der Waals surface area (Å²) < 4.78 is 0.978. The highest BCUT2D eigenvalue weighted by Crippen LogP contribution is 2.23. The van der Waals surface area contributed by atoms with Crippen molar-refractivity contribution >= 4 is 33.6 Å². The lowest BCUT2D eigenvalue weighted by Gasteiger charge is -2.18. The van der Waals surface area contributed by atoms with Crippen LogP contribution in [-0.2, 0) is 11.3 Å². The second kappa shape index (κ2) is 8.27. The number of aromatic nitrogens is 2. The molecule has 5 nitrogen and oxygen atoms in total. The molecular weight excluding hydrogens is 388 g/mol. The molecule has 0 unspecified atom stereocenters. The number of nitrogens with zero attached hydrogens (tertiary/aromatic N) is 4. The van der Waals surface area contributed by atoms with Gasteiger partial charge in [-0.15, -0.1) is 0 Å². The highest BCUT2D eigenvalue weighted by Gasteiger charge is 2.15. The fourth-order valence-electron chi connectivity index (χ4n) is 2.12. The molecule has 0 saturated carbocycles. The maximum absolute atomic E-state index is 12.4. The van der Waals surface area contributed by atoms with Gasteiger partial charge in [0.2, 0.25) is 5.91 Å². The van der Waals surface area contributed by atoms with Gasteiger partial charge in [-0.3, -0.25) is 4.79 Å². The molecular formula is C17H17BrN4OS. The molecule has 0 atom stereocenters. The van der Waals surface area contributed by atoms with Crippen molar-refractivity contribution in [1.82, 2.24) is 14.9 Å². The number of amides is 1. The second-order valence-corrected chi connectivity index (χ2v) is 7.10. The Morgan fingerprint density at radius 1 is 1.33 bits per heavy atom. The van der Waals surface area contributed by atoms with Crippen LogP contribution in [0.3, 0.4) is 0 Å². The molecule has 2 rings (SSSR count). The molecule has 0 saturated heterocycles. The molecule has 24 heavy (non-hydrogen) atoms. The number of rotatable bonds is 5. The van der Waals surface area contributed by atoms with E-state index in [-0.39, 0.29) is 11.7 Å². The molecule has 1 aromatic carbocycles. The Labute approximate surface area is 154 Å². The van der Waals surface area contributed by atoms with Gasteiger partial charge in [-0.2, -0.15) is 5.26 Å². The molecule has 1 heterocycles. The third-order valence-corrected chi connectivity index (χ3v) is 5.14. The lowest BCUT2D eigenvalue weighted by atomic mass is 10.2. The molecule has 0 radical (unpaired) electrons. The van der Waals surface area contributed by atoms with Crippen LogP contribution >= 0.6 is 27.7 Å². The van der Waals surface area contributed by atoms with Crippen LogP contribution in [0.15, 0.2) is 33.8 Å². The first-order valence-electron chi connectivity index (χ1n) is 7.28. The Balaban J connectivity index is 2.03. The van der Waals surface area contributed by atoms with E-state index >= 15 is 0 Å². The molecule has 0 aliphatic heterocycles. The van der Waals surface area contributed by atoms with Crippen LogP contribution in [0.1, 0.15) is 22.6 Å². The van der Waals surface area contributed by atoms with Crippen LogP contribution in [0.5, 0.6) is 0 Å². The molecule has 1 aromatic heterocycles. The number of hydrogen-bond donors (Lipinski definition) is 0. The molecule has 0 spiro atoms. The molecule has 0 aliphatic rings. The van der Waals surface area contributed by atoms with Crippen molar-refractivity contribution in [1.29, 1.82) is 5.26 Å². The lowest BCUT2D eigenvalue weighted by Crippen LogP contribution is -2.28. The van der Waals surface area contributed by atoms with E-state index in [2.05, 4.69) is 32.0 Å². The molecule has 0 aliphatic carbocycles. The summed E-state index contributed by atoms with van der Waals surface area (Å²) in [5.74, 6) is 0.808. The quantitative estimate of drug-likeness (QED) is 0.563. The first kappa shape index (κ1) is 18.4. The number of aryl methyl sites for hydroxylation is 2. The topological polar surface area (TPSA) is 69.9 Å². The van der Waals surface area contributed by atoms with Crippen LogP contribution < -0.4 is 0 Å². The molecule has 0 fully saturated rings. The minimum absolute atomic E-state index is 0.0199. The number of benzene rings is 1. The monoisotopic (exact) mass is 404 g/mol. The normalized spacial score (nSPS) is 10.3. The van der Waals surface area contributed by atoms with E-state index in [0.29, 0.717) is 28.7 Å². The fourth-order valence-corrected chi connectivity index (χ4v) is 3.55. The van der Waals surface area contributed by atoms with Gasteiger partial charge in [-0.25, -0.2) is 9.97 Å². The van der Waals surface area contributed by atoms with Gasteiger partial charge < -0.3 is 4.90 Å². The molecule has 1 amide bonds. The highest BCUT2D eigenvalue weighted by molar-refractivity contribution is 9.10. The summed E-state index contributed by atoms with van der Waals surface area (Å²) >= 11 is 4.76. The molecule has 0 bridgehead atoms. The zero-order valence-corrected chi connectivity index (χ0v) is 16.1. The van der Waals surface area contributed by atoms with E-state index in [1.165, 1.54) is 11.8 Å². The maximum atomic E-state index is 12.4. The summed E-state index contributed by atoms with van der Waals surface area (Å²) in [7, 11) is 1.77. The number of thioether (sulfide) groups is 1. The predicted octanol–water partition coefficient (Wildman–Crippen LogP) is 3.48. The minimum Gasteiger partial charge on any atom is -0.341 e. The van der Waals surface area contributed by atoms with Gasteiger partial charge in [0.1, 0.15) is 22.5 Å². The van der Waals surface area contributed by atoms with E-state index in [1.54, 1.807) is 25.8 Å². The third-order valence-electron chi connectivity index (χ3n) is 3.40. The van der Waals surface area contributed by atoms with Gasteiger partial charge in [0, 0.05) is 18.1 Å². The number of hydrogen-bond acceptors (Lipinski definition) is 5.